The van der Waals surface area contributed by atoms with Crippen LogP contribution in [0.5, 0.6) is 11.5 Å². The molecule has 0 spiro atoms. The van der Waals surface area contributed by atoms with Crippen LogP contribution in [0.15, 0.2) is 75.8 Å². The highest BCUT2D eigenvalue weighted by Gasteiger charge is 2.24. The monoisotopic (exact) mass is 568 g/mol. The highest BCUT2D eigenvalue weighted by atomic mass is 79.9. The Bertz CT molecular complexity index is 1280. The van der Waals surface area contributed by atoms with Crippen LogP contribution in [0, 0.1) is 5.82 Å². The molecule has 8 heteroatoms. The third kappa shape index (κ3) is 7.10. The number of rotatable bonds is 7. The van der Waals surface area contributed by atoms with Gasteiger partial charge in [-0.05, 0) is 59.1 Å². The zero-order valence-electron chi connectivity index (χ0n) is 20.6. The number of nitrogens with zero attached hydrogens (tertiary/aromatic N) is 2. The maximum Gasteiger partial charge on any atom is 0.151 e. The molecule has 0 amide bonds. The second-order valence-electron chi connectivity index (χ2n) is 8.18. The lowest BCUT2D eigenvalue weighted by molar-refractivity contribution is 0.296. The van der Waals surface area contributed by atoms with Crippen molar-refractivity contribution in [2.75, 3.05) is 23.8 Å². The molecule has 1 unspecified atom stereocenters. The van der Waals surface area contributed by atoms with Crippen LogP contribution in [0.25, 0.3) is 0 Å². The molecule has 1 atom stereocenters. The molecule has 2 aliphatic rings. The van der Waals surface area contributed by atoms with E-state index in [9.17, 15) is 4.39 Å². The third-order valence-electron chi connectivity index (χ3n) is 5.74. The average molecular weight is 570 g/mol. The standard InChI is InChI=1S/C26H24BrFN4O2.C2H6.CH4/c1-16-5-4-8-29-24(16)15-34-21-10-18(25-31-23-11-19(27)13-30-26(23)32-25)9-20(12-21)33-14-17-6-2-3-7-22(17)28;1-2;/h2-3,5-7,9-13,25,31H,4,8,14-15H2,1H3,(H,30,32);1-2H3;1H4. The summed E-state index contributed by atoms with van der Waals surface area (Å²) < 4.78 is 27.1. The molecule has 196 valence electrons. The van der Waals surface area contributed by atoms with Crippen molar-refractivity contribution in [1.82, 2.24) is 4.98 Å². The van der Waals surface area contributed by atoms with E-state index in [1.54, 1.807) is 24.4 Å². The van der Waals surface area contributed by atoms with Gasteiger partial charge in [-0.1, -0.05) is 45.5 Å². The Morgan fingerprint density at radius 1 is 1.03 bits per heavy atom. The lowest BCUT2D eigenvalue weighted by Gasteiger charge is -2.18. The number of nitrogens with one attached hydrogen (secondary N) is 2. The minimum absolute atomic E-state index is 0. The normalized spacial score (nSPS) is 15.4. The van der Waals surface area contributed by atoms with Crippen LogP contribution in [0.2, 0.25) is 0 Å². The van der Waals surface area contributed by atoms with E-state index < -0.39 is 0 Å². The number of hydrogen-bond acceptors (Lipinski definition) is 6. The highest BCUT2D eigenvalue weighted by Crippen LogP contribution is 2.37. The van der Waals surface area contributed by atoms with Crippen LogP contribution in [0.3, 0.4) is 0 Å². The molecule has 0 saturated carbocycles. The second-order valence-corrected chi connectivity index (χ2v) is 9.10. The van der Waals surface area contributed by atoms with Crippen LogP contribution in [-0.4, -0.2) is 23.8 Å². The number of fused-ring (bicyclic) bond motifs is 1. The Labute approximate surface area is 227 Å². The van der Waals surface area contributed by atoms with Crippen molar-refractivity contribution in [1.29, 1.82) is 0 Å². The molecule has 0 saturated heterocycles. The van der Waals surface area contributed by atoms with Crippen molar-refractivity contribution in [3.63, 3.8) is 0 Å². The summed E-state index contributed by atoms with van der Waals surface area (Å²) in [5, 5.41) is 6.81. The highest BCUT2D eigenvalue weighted by molar-refractivity contribution is 9.10. The first-order valence-electron chi connectivity index (χ1n) is 12.1. The predicted molar refractivity (Wildman–Crippen MR) is 153 cm³/mol. The predicted octanol–water partition coefficient (Wildman–Crippen LogP) is 7.93. The van der Waals surface area contributed by atoms with E-state index in [0.29, 0.717) is 23.7 Å². The maximum absolute atomic E-state index is 14.1. The number of dihydropyridines is 1. The molecule has 6 nitrogen and oxygen atoms in total. The largest absolute Gasteiger partial charge is 0.489 e. The average Bonchev–Trinajstić information content (AvgIpc) is 3.32. The van der Waals surface area contributed by atoms with Gasteiger partial charge in [-0.15, -0.1) is 0 Å². The van der Waals surface area contributed by atoms with Gasteiger partial charge >= 0.3 is 0 Å². The minimum atomic E-state index is -0.293. The van der Waals surface area contributed by atoms with Gasteiger partial charge in [0.1, 0.15) is 36.7 Å². The van der Waals surface area contributed by atoms with Crippen molar-refractivity contribution >= 4 is 33.1 Å². The maximum atomic E-state index is 14.1. The molecule has 0 radical (unpaired) electrons. The molecule has 37 heavy (non-hydrogen) atoms. The number of aliphatic imine (C=N–C) groups is 1. The number of pyridine rings is 1. The summed E-state index contributed by atoms with van der Waals surface area (Å²) in [4.78, 5) is 9.01. The topological polar surface area (TPSA) is 67.8 Å². The smallest absolute Gasteiger partial charge is 0.151 e. The van der Waals surface area contributed by atoms with Crippen LogP contribution in [0.4, 0.5) is 15.9 Å². The van der Waals surface area contributed by atoms with E-state index in [4.69, 9.17) is 9.47 Å². The summed E-state index contributed by atoms with van der Waals surface area (Å²) in [6, 6.07) is 14.3. The van der Waals surface area contributed by atoms with Gasteiger partial charge in [0.15, 0.2) is 5.82 Å². The zero-order valence-corrected chi connectivity index (χ0v) is 22.2. The Balaban J connectivity index is 0.00000124. The molecule has 5 rings (SSSR count). The van der Waals surface area contributed by atoms with E-state index in [1.165, 1.54) is 6.07 Å². The van der Waals surface area contributed by atoms with Gasteiger partial charge in [0.05, 0.1) is 11.4 Å². The van der Waals surface area contributed by atoms with Gasteiger partial charge in [-0.2, -0.15) is 0 Å². The Morgan fingerprint density at radius 3 is 2.49 bits per heavy atom. The van der Waals surface area contributed by atoms with Gasteiger partial charge in [-0.3, -0.25) is 4.99 Å². The zero-order chi connectivity index (χ0) is 25.5. The van der Waals surface area contributed by atoms with Gasteiger partial charge in [-0.25, -0.2) is 9.37 Å². The molecular formula is C29H34BrFN4O2. The lowest BCUT2D eigenvalue weighted by atomic mass is 10.1. The lowest BCUT2D eigenvalue weighted by Crippen LogP contribution is -2.17. The number of anilines is 2. The minimum Gasteiger partial charge on any atom is -0.489 e. The molecule has 3 heterocycles. The van der Waals surface area contributed by atoms with Crippen molar-refractivity contribution in [3.8, 4) is 11.5 Å². The summed E-state index contributed by atoms with van der Waals surface area (Å²) in [6.07, 6.45) is 4.67. The molecule has 0 fully saturated rings. The fourth-order valence-corrected chi connectivity index (χ4v) is 4.23. The first kappa shape index (κ1) is 28.2. The van der Waals surface area contributed by atoms with E-state index in [0.717, 1.165) is 45.8 Å². The number of ether oxygens (including phenoxy) is 2. The Hall–Kier alpha value is -3.39. The summed E-state index contributed by atoms with van der Waals surface area (Å²) in [6.45, 7) is 7.32. The molecule has 0 aliphatic carbocycles. The first-order valence-corrected chi connectivity index (χ1v) is 12.9. The van der Waals surface area contributed by atoms with Gasteiger partial charge in [0.2, 0.25) is 0 Å². The van der Waals surface area contributed by atoms with Crippen LogP contribution >= 0.6 is 15.9 Å². The third-order valence-corrected chi connectivity index (χ3v) is 6.17. The van der Waals surface area contributed by atoms with Gasteiger partial charge in [0, 0.05) is 34.4 Å². The SMILES string of the molecule is C.CC.CC1=CCCN=C1COc1cc(OCc2ccccc2F)cc(C2Nc3cc(Br)cnc3N2)c1. The van der Waals surface area contributed by atoms with Gasteiger partial charge in [0.25, 0.3) is 0 Å². The molecule has 2 aromatic carbocycles. The van der Waals surface area contributed by atoms with Crippen LogP contribution < -0.4 is 20.1 Å². The van der Waals surface area contributed by atoms with Gasteiger partial charge < -0.3 is 20.1 Å². The summed E-state index contributed by atoms with van der Waals surface area (Å²) in [5.41, 5.74) is 4.39. The van der Waals surface area contributed by atoms with Crippen LogP contribution in [0.1, 0.15) is 51.9 Å². The quantitative estimate of drug-likeness (QED) is 0.303. The number of hydrogen-bond donors (Lipinski definition) is 2. The summed E-state index contributed by atoms with van der Waals surface area (Å²) >= 11 is 3.46. The summed E-state index contributed by atoms with van der Waals surface area (Å²) in [7, 11) is 0. The Kier molecular flexibility index (Phi) is 10.1. The fourth-order valence-electron chi connectivity index (χ4n) is 3.90. The Morgan fingerprint density at radius 2 is 1.76 bits per heavy atom. The van der Waals surface area contributed by atoms with E-state index in [2.05, 4.69) is 49.5 Å². The number of aromatic nitrogens is 1. The molecule has 2 N–H and O–H groups in total. The first-order chi connectivity index (χ1) is 17.5. The van der Waals surface area contributed by atoms with E-state index in [1.807, 2.05) is 38.1 Å². The van der Waals surface area contributed by atoms with Crippen molar-refractivity contribution in [3.05, 3.63) is 87.8 Å². The fraction of sp³-hybridized carbons (Fsp3) is 0.310. The molecule has 2 aliphatic heterocycles. The molecular weight excluding hydrogens is 535 g/mol. The summed E-state index contributed by atoms with van der Waals surface area (Å²) in [5.74, 6) is 1.71. The van der Waals surface area contributed by atoms with Crippen molar-refractivity contribution < 1.29 is 13.9 Å². The molecule has 3 aromatic rings. The molecule has 0 bridgehead atoms. The second kappa shape index (κ2) is 13.2. The van der Waals surface area contributed by atoms with Crippen LogP contribution in [-0.2, 0) is 6.61 Å². The van der Waals surface area contributed by atoms with E-state index in [-0.39, 0.29) is 26.0 Å². The number of benzene rings is 2. The number of halogens is 2. The van der Waals surface area contributed by atoms with E-state index >= 15 is 0 Å². The molecule has 1 aromatic heterocycles. The van der Waals surface area contributed by atoms with Crippen molar-refractivity contribution in [2.24, 2.45) is 4.99 Å². The van der Waals surface area contributed by atoms with Crippen molar-refractivity contribution in [2.45, 2.75) is 47.4 Å².